The summed E-state index contributed by atoms with van der Waals surface area (Å²) in [6.07, 6.45) is 0. The lowest BCUT2D eigenvalue weighted by molar-refractivity contribution is -0.132. The molecular weight excluding hydrogens is 136 g/mol. The first-order valence-electron chi connectivity index (χ1n) is 2.20. The third kappa shape index (κ3) is 18.8. The zero-order chi connectivity index (χ0) is 7.86. The topological polar surface area (TPSA) is 37.3 Å². The molecule has 0 saturated heterocycles. The summed E-state index contributed by atoms with van der Waals surface area (Å²) in [5.74, 6) is -0.935. The zero-order valence-electron chi connectivity index (χ0n) is 5.29. The molecule has 0 aromatic carbocycles. The highest BCUT2D eigenvalue weighted by atomic mass is 32.1. The fraction of sp³-hybridized carbons (Fsp3) is 0.167. The van der Waals surface area contributed by atoms with Gasteiger partial charge in [-0.25, -0.2) is 4.79 Å². The predicted octanol–water partition coefficient (Wildman–Crippen LogP) is 1.71. The minimum absolute atomic E-state index is 0.176. The molecule has 0 fully saturated rings. The SMILES string of the molecule is C=C(C)C(=O)O.C=CS. The molecule has 0 bridgehead atoms. The number of carboxylic acid groups (broad SMARTS) is 1. The Morgan fingerprint density at radius 1 is 1.78 bits per heavy atom. The standard InChI is InChI=1S/C4H6O2.C2H4S/c1-3(2)4(5)6;1-2-3/h1H2,2H3,(H,5,6);2-3H,1H2. The molecule has 9 heavy (non-hydrogen) atoms. The summed E-state index contributed by atoms with van der Waals surface area (Å²) in [6, 6.07) is 0. The molecule has 3 heteroatoms. The van der Waals surface area contributed by atoms with E-state index in [0.717, 1.165) is 0 Å². The van der Waals surface area contributed by atoms with Crippen LogP contribution in [0.1, 0.15) is 6.92 Å². The first kappa shape index (κ1) is 11.1. The van der Waals surface area contributed by atoms with E-state index in [1.807, 2.05) is 0 Å². The maximum atomic E-state index is 9.60. The van der Waals surface area contributed by atoms with Crippen molar-refractivity contribution in [3.05, 3.63) is 24.1 Å². The smallest absolute Gasteiger partial charge is 0.330 e. The Labute approximate surface area is 60.3 Å². The monoisotopic (exact) mass is 146 g/mol. The van der Waals surface area contributed by atoms with Gasteiger partial charge in [-0.2, -0.15) is 12.6 Å². The van der Waals surface area contributed by atoms with Gasteiger partial charge < -0.3 is 5.11 Å². The van der Waals surface area contributed by atoms with Crippen molar-refractivity contribution in [3.8, 4) is 0 Å². The lowest BCUT2D eigenvalue weighted by atomic mass is 10.4. The van der Waals surface area contributed by atoms with E-state index in [9.17, 15) is 4.79 Å². The molecule has 0 spiro atoms. The van der Waals surface area contributed by atoms with Crippen LogP contribution in [0.2, 0.25) is 0 Å². The number of carbonyl (C=O) groups is 1. The van der Waals surface area contributed by atoms with Gasteiger partial charge in [0.2, 0.25) is 0 Å². The van der Waals surface area contributed by atoms with Crippen LogP contribution in [0.5, 0.6) is 0 Å². The van der Waals surface area contributed by atoms with Gasteiger partial charge in [0.1, 0.15) is 0 Å². The summed E-state index contributed by atoms with van der Waals surface area (Å²) in [6.45, 7) is 7.83. The number of carboxylic acids is 1. The summed E-state index contributed by atoms with van der Waals surface area (Å²) >= 11 is 3.55. The second-order valence-electron chi connectivity index (χ2n) is 1.27. The average Bonchev–Trinajstić information content (AvgIpc) is 1.68. The Bertz CT molecular complexity index is 106. The Morgan fingerprint density at radius 3 is 1.89 bits per heavy atom. The summed E-state index contributed by atoms with van der Waals surface area (Å²) in [7, 11) is 0. The van der Waals surface area contributed by atoms with Crippen molar-refractivity contribution >= 4 is 18.6 Å². The van der Waals surface area contributed by atoms with Crippen LogP contribution in [-0.2, 0) is 4.79 Å². The number of thiol groups is 1. The molecule has 2 nitrogen and oxygen atoms in total. The summed E-state index contributed by atoms with van der Waals surface area (Å²) in [5.41, 5.74) is 0.176. The molecule has 0 aliphatic heterocycles. The Morgan fingerprint density at radius 2 is 1.89 bits per heavy atom. The van der Waals surface area contributed by atoms with Gasteiger partial charge in [-0.05, 0) is 12.3 Å². The van der Waals surface area contributed by atoms with Crippen LogP contribution in [0.4, 0.5) is 0 Å². The predicted molar refractivity (Wildman–Crippen MR) is 41.6 cm³/mol. The lowest BCUT2D eigenvalue weighted by Gasteiger charge is -1.79. The van der Waals surface area contributed by atoms with Crippen LogP contribution in [0.25, 0.3) is 0 Å². The zero-order valence-corrected chi connectivity index (χ0v) is 6.19. The van der Waals surface area contributed by atoms with E-state index in [0.29, 0.717) is 0 Å². The highest BCUT2D eigenvalue weighted by molar-refractivity contribution is 7.83. The average molecular weight is 146 g/mol. The molecule has 0 amide bonds. The van der Waals surface area contributed by atoms with Crippen LogP contribution in [0.3, 0.4) is 0 Å². The van der Waals surface area contributed by atoms with Crippen LogP contribution in [0, 0.1) is 0 Å². The molecule has 0 aliphatic carbocycles. The first-order chi connectivity index (χ1) is 4.06. The lowest BCUT2D eigenvalue weighted by Crippen LogP contribution is -1.92. The number of hydrogen-bond donors (Lipinski definition) is 2. The van der Waals surface area contributed by atoms with Crippen molar-refractivity contribution in [3.63, 3.8) is 0 Å². The summed E-state index contributed by atoms with van der Waals surface area (Å²) < 4.78 is 0. The van der Waals surface area contributed by atoms with E-state index in [1.54, 1.807) is 0 Å². The van der Waals surface area contributed by atoms with E-state index >= 15 is 0 Å². The number of hydrogen-bond acceptors (Lipinski definition) is 2. The molecule has 0 heterocycles. The fourth-order valence-electron chi connectivity index (χ4n) is 0. The Hall–Kier alpha value is -0.700. The molecule has 0 aromatic rings. The van der Waals surface area contributed by atoms with Crippen molar-refractivity contribution in [2.75, 3.05) is 0 Å². The van der Waals surface area contributed by atoms with Gasteiger partial charge >= 0.3 is 5.97 Å². The molecule has 0 saturated carbocycles. The molecule has 0 aliphatic rings. The summed E-state index contributed by atoms with van der Waals surface area (Å²) in [5, 5.41) is 9.34. The van der Waals surface area contributed by atoms with Gasteiger partial charge in [-0.15, -0.1) is 0 Å². The van der Waals surface area contributed by atoms with E-state index in [1.165, 1.54) is 12.3 Å². The van der Waals surface area contributed by atoms with Gasteiger partial charge in [0.25, 0.3) is 0 Å². The first-order valence-corrected chi connectivity index (χ1v) is 2.71. The Kier molecular flexibility index (Phi) is 9.04. The molecule has 1 N–H and O–H groups in total. The fourth-order valence-corrected chi connectivity index (χ4v) is 0. The maximum absolute atomic E-state index is 9.60. The van der Waals surface area contributed by atoms with E-state index in [-0.39, 0.29) is 5.57 Å². The third-order valence-electron chi connectivity index (χ3n) is 0.365. The van der Waals surface area contributed by atoms with Gasteiger partial charge in [-0.3, -0.25) is 0 Å². The van der Waals surface area contributed by atoms with Crippen molar-refractivity contribution in [1.82, 2.24) is 0 Å². The molecule has 0 radical (unpaired) electrons. The van der Waals surface area contributed by atoms with Crippen molar-refractivity contribution in [2.45, 2.75) is 6.92 Å². The highest BCUT2D eigenvalue weighted by Crippen LogP contribution is 1.81. The molecule has 0 aromatic heterocycles. The molecule has 0 rings (SSSR count). The van der Waals surface area contributed by atoms with Gasteiger partial charge in [-0.1, -0.05) is 13.2 Å². The Balaban J connectivity index is 0. The molecular formula is C6H10O2S. The molecule has 0 atom stereocenters. The van der Waals surface area contributed by atoms with Crippen molar-refractivity contribution in [2.24, 2.45) is 0 Å². The van der Waals surface area contributed by atoms with E-state index in [4.69, 9.17) is 5.11 Å². The normalized spacial score (nSPS) is 6.44. The van der Waals surface area contributed by atoms with Crippen molar-refractivity contribution in [1.29, 1.82) is 0 Å². The third-order valence-corrected chi connectivity index (χ3v) is 0.365. The maximum Gasteiger partial charge on any atom is 0.330 e. The van der Waals surface area contributed by atoms with Crippen LogP contribution < -0.4 is 0 Å². The number of rotatable bonds is 1. The number of aliphatic carboxylic acids is 1. The van der Waals surface area contributed by atoms with Gasteiger partial charge in [0, 0.05) is 5.57 Å². The van der Waals surface area contributed by atoms with Crippen molar-refractivity contribution < 1.29 is 9.90 Å². The molecule has 52 valence electrons. The highest BCUT2D eigenvalue weighted by Gasteiger charge is 1.90. The largest absolute Gasteiger partial charge is 0.478 e. The quantitative estimate of drug-likeness (QED) is 0.436. The van der Waals surface area contributed by atoms with E-state index in [2.05, 4.69) is 25.8 Å². The molecule has 0 unspecified atom stereocenters. The van der Waals surface area contributed by atoms with Crippen LogP contribution in [0.15, 0.2) is 24.1 Å². The minimum atomic E-state index is -0.935. The second kappa shape index (κ2) is 7.30. The van der Waals surface area contributed by atoms with Crippen LogP contribution >= 0.6 is 12.6 Å². The minimum Gasteiger partial charge on any atom is -0.478 e. The van der Waals surface area contributed by atoms with Gasteiger partial charge in [0.15, 0.2) is 0 Å². The second-order valence-corrected chi connectivity index (χ2v) is 1.63. The summed E-state index contributed by atoms with van der Waals surface area (Å²) in [4.78, 5) is 9.60. The van der Waals surface area contributed by atoms with Gasteiger partial charge in [0.05, 0.1) is 0 Å². The van der Waals surface area contributed by atoms with E-state index < -0.39 is 5.97 Å². The van der Waals surface area contributed by atoms with Crippen LogP contribution in [-0.4, -0.2) is 11.1 Å².